The van der Waals surface area contributed by atoms with E-state index < -0.39 is 0 Å². The first-order chi connectivity index (χ1) is 12.9. The molecule has 3 aromatic rings. The third-order valence-electron chi connectivity index (χ3n) is 3.57. The summed E-state index contributed by atoms with van der Waals surface area (Å²) in [6, 6.07) is 9.25. The third-order valence-corrected chi connectivity index (χ3v) is 6.75. The van der Waals surface area contributed by atoms with Crippen LogP contribution in [0.25, 0.3) is 9.88 Å². The first-order valence-corrected chi connectivity index (χ1v) is 10.8. The van der Waals surface area contributed by atoms with E-state index in [0.717, 1.165) is 19.9 Å². The van der Waals surface area contributed by atoms with Gasteiger partial charge < -0.3 is 10.6 Å². The maximum absolute atomic E-state index is 12.1. The van der Waals surface area contributed by atoms with Crippen LogP contribution >= 0.6 is 50.2 Å². The normalized spacial score (nSPS) is 10.6. The zero-order valence-electron chi connectivity index (χ0n) is 14.2. The zero-order chi connectivity index (χ0) is 19.4. The molecule has 140 valence electrons. The lowest BCUT2D eigenvalue weighted by Crippen LogP contribution is -2.33. The second-order valence-electron chi connectivity index (χ2n) is 5.71. The van der Waals surface area contributed by atoms with Crippen LogP contribution in [0.15, 0.2) is 40.2 Å². The van der Waals surface area contributed by atoms with Crippen LogP contribution in [0.4, 0.5) is 5.69 Å². The Morgan fingerprint density at radius 1 is 1.22 bits per heavy atom. The van der Waals surface area contributed by atoms with Crippen LogP contribution in [0.5, 0.6) is 0 Å². The molecule has 0 fully saturated rings. The summed E-state index contributed by atoms with van der Waals surface area (Å²) >= 11 is 12.3. The number of anilines is 1. The van der Waals surface area contributed by atoms with Gasteiger partial charge in [-0.15, -0.1) is 22.7 Å². The van der Waals surface area contributed by atoms with Crippen LogP contribution < -0.4 is 10.6 Å². The van der Waals surface area contributed by atoms with Crippen molar-refractivity contribution >= 4 is 67.7 Å². The largest absolute Gasteiger partial charge is 0.347 e. The van der Waals surface area contributed by atoms with Gasteiger partial charge in [-0.3, -0.25) is 9.59 Å². The highest BCUT2D eigenvalue weighted by Gasteiger charge is 2.12. The number of nitrogens with one attached hydrogen (secondary N) is 2. The van der Waals surface area contributed by atoms with Crippen LogP contribution in [-0.4, -0.2) is 23.3 Å². The van der Waals surface area contributed by atoms with E-state index in [0.29, 0.717) is 15.7 Å². The lowest BCUT2D eigenvalue weighted by atomic mass is 10.2. The van der Waals surface area contributed by atoms with Gasteiger partial charge in [0.15, 0.2) is 0 Å². The van der Waals surface area contributed by atoms with Crippen molar-refractivity contribution in [3.63, 3.8) is 0 Å². The van der Waals surface area contributed by atoms with E-state index >= 15 is 0 Å². The molecule has 0 aliphatic heterocycles. The molecule has 2 amide bonds. The Hall–Kier alpha value is -1.74. The highest BCUT2D eigenvalue weighted by Crippen LogP contribution is 2.32. The molecule has 1 aromatic carbocycles. The summed E-state index contributed by atoms with van der Waals surface area (Å²) in [7, 11) is 0. The zero-order valence-corrected chi connectivity index (χ0v) is 18.2. The molecule has 27 heavy (non-hydrogen) atoms. The van der Waals surface area contributed by atoms with Crippen molar-refractivity contribution in [2.45, 2.75) is 13.3 Å². The number of hydrogen-bond donors (Lipinski definition) is 2. The molecule has 2 aromatic heterocycles. The topological polar surface area (TPSA) is 71.1 Å². The molecule has 3 rings (SSSR count). The quantitative estimate of drug-likeness (QED) is 0.523. The Bertz CT molecular complexity index is 987. The van der Waals surface area contributed by atoms with E-state index in [1.807, 2.05) is 36.6 Å². The summed E-state index contributed by atoms with van der Waals surface area (Å²) in [4.78, 5) is 29.5. The van der Waals surface area contributed by atoms with Crippen molar-refractivity contribution < 1.29 is 9.59 Å². The van der Waals surface area contributed by atoms with Crippen molar-refractivity contribution in [2.75, 3.05) is 11.9 Å². The lowest BCUT2D eigenvalue weighted by Gasteiger charge is -2.08. The molecular formula is C18H15BrClN3O2S2. The number of benzene rings is 1. The fourth-order valence-electron chi connectivity index (χ4n) is 2.26. The van der Waals surface area contributed by atoms with Crippen molar-refractivity contribution in [1.29, 1.82) is 0 Å². The van der Waals surface area contributed by atoms with Gasteiger partial charge in [0.2, 0.25) is 11.8 Å². The standard InChI is InChI=1S/C18H15BrClN3O2S2/c1-10-6-11(2-3-13(10)19)22-17(25)8-21-16(24)7-12-9-26-18(23-12)14-4-5-15(20)27-14/h2-6,9H,7-8H2,1H3,(H,21,24)(H,22,25). The monoisotopic (exact) mass is 483 g/mol. The average molecular weight is 485 g/mol. The predicted molar refractivity (Wildman–Crippen MR) is 115 cm³/mol. The van der Waals surface area contributed by atoms with Gasteiger partial charge in [0.05, 0.1) is 27.9 Å². The Morgan fingerprint density at radius 3 is 2.74 bits per heavy atom. The Morgan fingerprint density at radius 2 is 2.04 bits per heavy atom. The fourth-order valence-corrected chi connectivity index (χ4v) is 4.45. The van der Waals surface area contributed by atoms with Crippen LogP contribution in [0.1, 0.15) is 11.3 Å². The van der Waals surface area contributed by atoms with E-state index in [1.54, 1.807) is 6.07 Å². The number of aromatic nitrogens is 1. The Labute approximate surface area is 177 Å². The van der Waals surface area contributed by atoms with Crippen LogP contribution in [0.2, 0.25) is 4.34 Å². The molecule has 2 heterocycles. The molecule has 0 atom stereocenters. The van der Waals surface area contributed by atoms with Gasteiger partial charge in [-0.05, 0) is 42.8 Å². The minimum absolute atomic E-state index is 0.0918. The molecule has 5 nitrogen and oxygen atoms in total. The molecule has 0 radical (unpaired) electrons. The minimum Gasteiger partial charge on any atom is -0.347 e. The first kappa shape index (κ1) is 20.0. The number of aryl methyl sites for hydroxylation is 1. The van der Waals surface area contributed by atoms with E-state index in [9.17, 15) is 9.59 Å². The van der Waals surface area contributed by atoms with E-state index in [4.69, 9.17) is 11.6 Å². The Kier molecular flexibility index (Phi) is 6.64. The minimum atomic E-state index is -0.280. The van der Waals surface area contributed by atoms with Crippen LogP contribution in [0, 0.1) is 6.92 Å². The number of thiazole rings is 1. The molecule has 0 unspecified atom stereocenters. The number of hydrogen-bond acceptors (Lipinski definition) is 5. The van der Waals surface area contributed by atoms with Crippen molar-refractivity contribution in [3.05, 3.63) is 55.8 Å². The maximum atomic E-state index is 12.1. The number of thiophene rings is 1. The molecule has 2 N–H and O–H groups in total. The highest BCUT2D eigenvalue weighted by molar-refractivity contribution is 9.10. The average Bonchev–Trinajstić information content (AvgIpc) is 3.25. The van der Waals surface area contributed by atoms with Crippen molar-refractivity contribution in [3.8, 4) is 9.88 Å². The smallest absolute Gasteiger partial charge is 0.243 e. The predicted octanol–water partition coefficient (Wildman–Crippen LogP) is 4.89. The van der Waals surface area contributed by atoms with Gasteiger partial charge in [-0.2, -0.15) is 0 Å². The summed E-state index contributed by atoms with van der Waals surface area (Å²) in [6.45, 7) is 1.85. The summed E-state index contributed by atoms with van der Waals surface area (Å²) in [5, 5.41) is 8.05. The number of halogens is 2. The van der Waals surface area contributed by atoms with Crippen LogP contribution in [0.3, 0.4) is 0 Å². The first-order valence-electron chi connectivity index (χ1n) is 7.93. The van der Waals surface area contributed by atoms with Gasteiger partial charge in [-0.1, -0.05) is 27.5 Å². The summed E-state index contributed by atoms with van der Waals surface area (Å²) in [6.07, 6.45) is 0.125. The molecule has 0 aliphatic carbocycles. The molecule has 0 saturated heterocycles. The van der Waals surface area contributed by atoms with Gasteiger partial charge in [0.25, 0.3) is 0 Å². The van der Waals surface area contributed by atoms with E-state index in [-0.39, 0.29) is 24.8 Å². The number of rotatable bonds is 6. The number of carbonyl (C=O) groups is 2. The molecule has 0 saturated carbocycles. The molecule has 0 spiro atoms. The summed E-state index contributed by atoms with van der Waals surface area (Å²) < 4.78 is 1.67. The molecule has 0 aliphatic rings. The van der Waals surface area contributed by atoms with E-state index in [2.05, 4.69) is 31.5 Å². The van der Waals surface area contributed by atoms with Gasteiger partial charge in [-0.25, -0.2) is 4.98 Å². The van der Waals surface area contributed by atoms with Crippen LogP contribution in [-0.2, 0) is 16.0 Å². The number of amides is 2. The van der Waals surface area contributed by atoms with Gasteiger partial charge in [0, 0.05) is 15.5 Å². The molecular weight excluding hydrogens is 470 g/mol. The van der Waals surface area contributed by atoms with Crippen molar-refractivity contribution in [2.24, 2.45) is 0 Å². The molecule has 0 bridgehead atoms. The highest BCUT2D eigenvalue weighted by atomic mass is 79.9. The van der Waals surface area contributed by atoms with Gasteiger partial charge in [0.1, 0.15) is 5.01 Å². The summed E-state index contributed by atoms with van der Waals surface area (Å²) in [5.41, 5.74) is 2.37. The van der Waals surface area contributed by atoms with Gasteiger partial charge >= 0.3 is 0 Å². The second-order valence-corrected chi connectivity index (χ2v) is 9.14. The number of carbonyl (C=O) groups excluding carboxylic acids is 2. The Balaban J connectivity index is 1.48. The SMILES string of the molecule is Cc1cc(NC(=O)CNC(=O)Cc2csc(-c3ccc(Cl)s3)n2)ccc1Br. The lowest BCUT2D eigenvalue weighted by molar-refractivity contribution is -0.123. The maximum Gasteiger partial charge on any atom is 0.243 e. The third kappa shape index (κ3) is 5.62. The summed E-state index contributed by atoms with van der Waals surface area (Å²) in [5.74, 6) is -0.532. The molecule has 9 heteroatoms. The number of nitrogens with zero attached hydrogens (tertiary/aromatic N) is 1. The second kappa shape index (κ2) is 8.97. The van der Waals surface area contributed by atoms with Crippen molar-refractivity contribution in [1.82, 2.24) is 10.3 Å². The van der Waals surface area contributed by atoms with E-state index in [1.165, 1.54) is 22.7 Å². The fraction of sp³-hybridized carbons (Fsp3) is 0.167.